The van der Waals surface area contributed by atoms with Crippen molar-refractivity contribution < 1.29 is 19.2 Å². The van der Waals surface area contributed by atoms with Crippen LogP contribution in [-0.4, -0.2) is 28.1 Å². The summed E-state index contributed by atoms with van der Waals surface area (Å²) in [6, 6.07) is 15.5. The molecule has 128 valence electrons. The zero-order valence-electron chi connectivity index (χ0n) is 13.8. The Kier molecular flexibility index (Phi) is 3.84. The smallest absolute Gasteiger partial charge is 0.214 e. The quantitative estimate of drug-likeness (QED) is 0.584. The predicted octanol–water partition coefficient (Wildman–Crippen LogP) is 2.52. The van der Waals surface area contributed by atoms with Gasteiger partial charge >= 0.3 is 0 Å². The molecule has 0 aliphatic heterocycles. The summed E-state index contributed by atoms with van der Waals surface area (Å²) in [5.41, 5.74) is 3.34. The van der Waals surface area contributed by atoms with E-state index < -0.39 is 35.5 Å². The monoisotopic (exact) mass is 345 g/mol. The first kappa shape index (κ1) is 16.1. The molecular formula is C21H15NO4. The molecule has 0 radical (unpaired) electrons. The van der Waals surface area contributed by atoms with Crippen LogP contribution in [0.25, 0.3) is 10.9 Å². The van der Waals surface area contributed by atoms with Gasteiger partial charge in [-0.3, -0.25) is 19.2 Å². The Hall–Kier alpha value is -3.34. The summed E-state index contributed by atoms with van der Waals surface area (Å²) >= 11 is 0. The Morgan fingerprint density at radius 3 is 2.23 bits per heavy atom. The molecule has 0 saturated heterocycles. The molecule has 4 rings (SSSR count). The number of fused-ring (bicyclic) bond motifs is 1. The molecule has 1 aliphatic carbocycles. The van der Waals surface area contributed by atoms with E-state index in [1.54, 1.807) is 12.3 Å². The molecule has 26 heavy (non-hydrogen) atoms. The molecule has 0 atom stereocenters. The maximum Gasteiger partial charge on any atom is 0.214 e. The summed E-state index contributed by atoms with van der Waals surface area (Å²) in [5.74, 6) is -4.53. The van der Waals surface area contributed by atoms with Gasteiger partial charge in [0.05, 0.1) is 6.42 Å². The lowest BCUT2D eigenvalue weighted by Crippen LogP contribution is -2.40. The Morgan fingerprint density at radius 2 is 1.54 bits per heavy atom. The number of carbonyl (C=O) groups excluding carboxylic acids is 4. The van der Waals surface area contributed by atoms with Crippen LogP contribution in [-0.2, 0) is 25.6 Å². The van der Waals surface area contributed by atoms with E-state index in [1.807, 2.05) is 42.5 Å². The van der Waals surface area contributed by atoms with E-state index in [0.29, 0.717) is 17.4 Å². The van der Waals surface area contributed by atoms with Crippen LogP contribution in [0.1, 0.15) is 29.0 Å². The fourth-order valence-electron chi connectivity index (χ4n) is 3.48. The zero-order valence-corrected chi connectivity index (χ0v) is 13.8. The Morgan fingerprint density at radius 1 is 0.846 bits per heavy atom. The van der Waals surface area contributed by atoms with Crippen molar-refractivity contribution in [1.29, 1.82) is 0 Å². The van der Waals surface area contributed by atoms with Gasteiger partial charge < -0.3 is 4.98 Å². The van der Waals surface area contributed by atoms with Crippen molar-refractivity contribution in [3.8, 4) is 0 Å². The van der Waals surface area contributed by atoms with Crippen molar-refractivity contribution in [2.45, 2.75) is 18.8 Å². The number of H-pyrrole nitrogens is 1. The SMILES string of the molecule is O=C1CC(=O)C(=O)C(c2c[nH]c3c(Cc4ccccc4)cccc23)C1=O. The number of aromatic nitrogens is 1. The largest absolute Gasteiger partial charge is 0.361 e. The van der Waals surface area contributed by atoms with Crippen LogP contribution in [0, 0.1) is 0 Å². The topological polar surface area (TPSA) is 84.1 Å². The molecule has 1 heterocycles. The fourth-order valence-corrected chi connectivity index (χ4v) is 3.48. The highest BCUT2D eigenvalue weighted by Crippen LogP contribution is 2.32. The highest BCUT2D eigenvalue weighted by atomic mass is 16.2. The molecule has 2 aromatic carbocycles. The third-order valence-electron chi connectivity index (χ3n) is 4.78. The van der Waals surface area contributed by atoms with E-state index in [4.69, 9.17) is 0 Å². The average molecular weight is 345 g/mol. The molecule has 1 aliphatic rings. The standard InChI is InChI=1S/C21H15NO4/c23-16-10-17(24)21(26)18(20(16)25)15-11-22-19-13(7-4-8-14(15)19)9-12-5-2-1-3-6-12/h1-8,11,18,22H,9-10H2. The van der Waals surface area contributed by atoms with E-state index in [2.05, 4.69) is 4.98 Å². The number of para-hydroxylation sites is 1. The number of carbonyl (C=O) groups is 4. The van der Waals surface area contributed by atoms with Crippen molar-refractivity contribution in [2.24, 2.45) is 0 Å². The number of hydrogen-bond acceptors (Lipinski definition) is 4. The summed E-state index contributed by atoms with van der Waals surface area (Å²) in [5, 5.41) is 0.688. The molecule has 0 bridgehead atoms. The molecule has 5 nitrogen and oxygen atoms in total. The van der Waals surface area contributed by atoms with Crippen molar-refractivity contribution in [2.75, 3.05) is 0 Å². The molecule has 3 aromatic rings. The lowest BCUT2D eigenvalue weighted by atomic mass is 9.80. The van der Waals surface area contributed by atoms with Gasteiger partial charge in [0.25, 0.3) is 0 Å². The summed E-state index contributed by atoms with van der Waals surface area (Å²) < 4.78 is 0. The van der Waals surface area contributed by atoms with Crippen molar-refractivity contribution in [1.82, 2.24) is 4.98 Å². The number of benzene rings is 2. The molecule has 0 amide bonds. The molecule has 1 aromatic heterocycles. The lowest BCUT2D eigenvalue weighted by molar-refractivity contribution is -0.149. The lowest BCUT2D eigenvalue weighted by Gasteiger charge is -2.17. The van der Waals surface area contributed by atoms with Gasteiger partial charge in [-0.15, -0.1) is 0 Å². The van der Waals surface area contributed by atoms with E-state index in [-0.39, 0.29) is 0 Å². The maximum atomic E-state index is 12.3. The summed E-state index contributed by atoms with van der Waals surface area (Å²) in [4.78, 5) is 51.2. The van der Waals surface area contributed by atoms with Crippen LogP contribution in [0.3, 0.4) is 0 Å². The van der Waals surface area contributed by atoms with E-state index in [1.165, 1.54) is 0 Å². The molecule has 5 heteroatoms. The summed E-state index contributed by atoms with van der Waals surface area (Å²) in [6.07, 6.45) is 1.63. The van der Waals surface area contributed by atoms with Crippen LogP contribution < -0.4 is 0 Å². The third-order valence-corrected chi connectivity index (χ3v) is 4.78. The summed E-state index contributed by atoms with van der Waals surface area (Å²) in [6.45, 7) is 0. The molecule has 1 saturated carbocycles. The fraction of sp³-hybridized carbons (Fsp3) is 0.143. The second kappa shape index (κ2) is 6.19. The number of Topliss-reactive ketones (excluding diaryl/α,β-unsaturated/α-hetero) is 4. The molecule has 0 spiro atoms. The zero-order chi connectivity index (χ0) is 18.3. The van der Waals surface area contributed by atoms with Crippen LogP contribution in [0.15, 0.2) is 54.7 Å². The van der Waals surface area contributed by atoms with Gasteiger partial charge in [-0.05, 0) is 23.1 Å². The number of ketones is 4. The van der Waals surface area contributed by atoms with E-state index in [0.717, 1.165) is 16.6 Å². The first-order chi connectivity index (χ1) is 12.6. The second-order valence-electron chi connectivity index (χ2n) is 6.43. The highest BCUT2D eigenvalue weighted by Gasteiger charge is 2.43. The molecule has 1 fully saturated rings. The molecule has 1 N–H and O–H groups in total. The molecule has 0 unspecified atom stereocenters. The highest BCUT2D eigenvalue weighted by molar-refractivity contribution is 6.61. The molecular weight excluding hydrogens is 330 g/mol. The van der Waals surface area contributed by atoms with Crippen molar-refractivity contribution in [3.05, 3.63) is 71.4 Å². The minimum atomic E-state index is -1.33. The predicted molar refractivity (Wildman–Crippen MR) is 94.9 cm³/mol. The van der Waals surface area contributed by atoms with Crippen LogP contribution in [0.4, 0.5) is 0 Å². The van der Waals surface area contributed by atoms with Gasteiger partial charge in [-0.2, -0.15) is 0 Å². The Balaban J connectivity index is 1.79. The summed E-state index contributed by atoms with van der Waals surface area (Å²) in [7, 11) is 0. The van der Waals surface area contributed by atoms with Crippen molar-refractivity contribution >= 4 is 34.0 Å². The minimum Gasteiger partial charge on any atom is -0.361 e. The van der Waals surface area contributed by atoms with Gasteiger partial charge in [0.15, 0.2) is 0 Å². The normalized spacial score (nSPS) is 15.8. The number of aromatic amines is 1. The van der Waals surface area contributed by atoms with Gasteiger partial charge in [0.2, 0.25) is 23.1 Å². The van der Waals surface area contributed by atoms with Gasteiger partial charge in [-0.1, -0.05) is 48.5 Å². The van der Waals surface area contributed by atoms with Gasteiger partial charge in [0.1, 0.15) is 5.92 Å². The maximum absolute atomic E-state index is 12.3. The number of rotatable bonds is 3. The number of hydrogen-bond donors (Lipinski definition) is 1. The van der Waals surface area contributed by atoms with E-state index >= 15 is 0 Å². The minimum absolute atomic E-state index is 0.395. The van der Waals surface area contributed by atoms with Gasteiger partial charge in [-0.25, -0.2) is 0 Å². The second-order valence-corrected chi connectivity index (χ2v) is 6.43. The Bertz CT molecular complexity index is 1040. The first-order valence-electron chi connectivity index (χ1n) is 8.33. The van der Waals surface area contributed by atoms with Crippen LogP contribution in [0.5, 0.6) is 0 Å². The first-order valence-corrected chi connectivity index (χ1v) is 8.33. The Labute approximate surface area is 149 Å². The average Bonchev–Trinajstić information content (AvgIpc) is 3.06. The van der Waals surface area contributed by atoms with Crippen LogP contribution in [0.2, 0.25) is 0 Å². The van der Waals surface area contributed by atoms with Crippen molar-refractivity contribution in [3.63, 3.8) is 0 Å². The van der Waals surface area contributed by atoms with Gasteiger partial charge in [0, 0.05) is 17.1 Å². The number of nitrogens with one attached hydrogen (secondary N) is 1. The third kappa shape index (κ3) is 2.58. The van der Waals surface area contributed by atoms with E-state index in [9.17, 15) is 19.2 Å². The van der Waals surface area contributed by atoms with Crippen LogP contribution >= 0.6 is 0 Å².